The van der Waals surface area contributed by atoms with Gasteiger partial charge in [-0.25, -0.2) is 17.8 Å². The van der Waals surface area contributed by atoms with Gasteiger partial charge in [-0.1, -0.05) is 31.5 Å². The topological polar surface area (TPSA) is 131 Å². The monoisotopic (exact) mass is 508 g/mol. The number of unbranched alkanes of at least 4 members (excludes halogenated alkanes) is 1. The van der Waals surface area contributed by atoms with Gasteiger partial charge in [0.2, 0.25) is 0 Å². The second-order valence-electron chi connectivity index (χ2n) is 8.09. The number of ether oxygens (including phenoxy) is 1. The zero-order valence-electron chi connectivity index (χ0n) is 19.3. The molecule has 1 atom stereocenters. The van der Waals surface area contributed by atoms with Crippen LogP contribution in [0.25, 0.3) is 0 Å². The van der Waals surface area contributed by atoms with E-state index in [1.807, 2.05) is 23.1 Å². The molecule has 1 amide bonds. The van der Waals surface area contributed by atoms with Crippen molar-refractivity contribution in [1.29, 1.82) is 0 Å². The predicted molar refractivity (Wildman–Crippen MR) is 134 cm³/mol. The summed E-state index contributed by atoms with van der Waals surface area (Å²) in [5, 5.41) is 11.9. The quantitative estimate of drug-likeness (QED) is 0.396. The van der Waals surface area contributed by atoms with Crippen molar-refractivity contribution in [3.05, 3.63) is 48.0 Å². The molecule has 0 bridgehead atoms. The highest BCUT2D eigenvalue weighted by molar-refractivity contribution is 7.91. The van der Waals surface area contributed by atoms with E-state index in [2.05, 4.69) is 17.6 Å². The Hall–Kier alpha value is -2.47. The van der Waals surface area contributed by atoms with Crippen molar-refractivity contribution in [2.75, 3.05) is 49.5 Å². The Morgan fingerprint density at radius 3 is 2.50 bits per heavy atom. The first-order chi connectivity index (χ1) is 16.3. The van der Waals surface area contributed by atoms with Crippen LogP contribution >= 0.6 is 0 Å². The van der Waals surface area contributed by atoms with Crippen LogP contribution in [0, 0.1) is 0 Å². The molecule has 186 valence electrons. The highest BCUT2D eigenvalue weighted by Crippen LogP contribution is 2.36. The van der Waals surface area contributed by atoms with Gasteiger partial charge in [-0.3, -0.25) is 9.69 Å². The Bertz CT molecular complexity index is 1100. The summed E-state index contributed by atoms with van der Waals surface area (Å²) >= 11 is 0. The molecule has 1 unspecified atom stereocenters. The van der Waals surface area contributed by atoms with Crippen LogP contribution in [-0.2, 0) is 20.8 Å². The molecule has 0 aliphatic carbocycles. The lowest BCUT2D eigenvalue weighted by molar-refractivity contribution is 0.0948. The van der Waals surface area contributed by atoms with E-state index in [9.17, 15) is 17.4 Å². The van der Waals surface area contributed by atoms with Crippen LogP contribution in [0.3, 0.4) is 0 Å². The molecule has 1 aliphatic heterocycles. The van der Waals surface area contributed by atoms with E-state index in [0.29, 0.717) is 55.5 Å². The van der Waals surface area contributed by atoms with Gasteiger partial charge < -0.3 is 15.4 Å². The molecule has 1 heterocycles. The van der Waals surface area contributed by atoms with E-state index in [4.69, 9.17) is 9.88 Å². The van der Waals surface area contributed by atoms with E-state index in [1.54, 1.807) is 18.2 Å². The van der Waals surface area contributed by atoms with E-state index in [1.165, 1.54) is 6.07 Å². The SMILES string of the molecule is CCCCNc1cc(C(=O)NCCN2CCS(=O)(=O)CC2)cc(S(N)=O)c1Oc1ccccc1. The number of nitrogens with one attached hydrogen (secondary N) is 2. The number of carbonyl (C=O) groups is 1. The summed E-state index contributed by atoms with van der Waals surface area (Å²) in [5.41, 5.74) is 0.856. The van der Waals surface area contributed by atoms with Crippen molar-refractivity contribution in [3.8, 4) is 11.5 Å². The number of anilines is 1. The summed E-state index contributed by atoms with van der Waals surface area (Å²) in [7, 11) is -4.83. The molecule has 4 N–H and O–H groups in total. The summed E-state index contributed by atoms with van der Waals surface area (Å²) in [6, 6.07) is 12.3. The number of benzene rings is 2. The molecule has 2 aromatic rings. The minimum atomic E-state index is -2.94. The normalized spacial score (nSPS) is 16.5. The van der Waals surface area contributed by atoms with Crippen LogP contribution < -0.4 is 20.5 Å². The number of hydrogen-bond donors (Lipinski definition) is 3. The van der Waals surface area contributed by atoms with E-state index in [0.717, 1.165) is 12.8 Å². The molecule has 34 heavy (non-hydrogen) atoms. The molecule has 9 nitrogen and oxygen atoms in total. The molecule has 0 spiro atoms. The number of para-hydroxylation sites is 1. The average Bonchev–Trinajstić information content (AvgIpc) is 2.81. The second-order valence-corrected chi connectivity index (χ2v) is 11.4. The molecular formula is C23H32N4O5S2. The van der Waals surface area contributed by atoms with Crippen LogP contribution in [0.2, 0.25) is 0 Å². The fourth-order valence-corrected chi connectivity index (χ4v) is 5.38. The molecule has 1 saturated heterocycles. The summed E-state index contributed by atoms with van der Waals surface area (Å²) in [5.74, 6) is 0.841. The summed E-state index contributed by atoms with van der Waals surface area (Å²) in [6.45, 7) is 4.57. The van der Waals surface area contributed by atoms with Gasteiger partial charge >= 0.3 is 0 Å². The van der Waals surface area contributed by atoms with Crippen molar-refractivity contribution in [1.82, 2.24) is 10.2 Å². The van der Waals surface area contributed by atoms with Crippen molar-refractivity contribution in [2.45, 2.75) is 24.7 Å². The molecule has 1 aliphatic rings. The molecule has 3 rings (SSSR count). The Kier molecular flexibility index (Phi) is 9.45. The number of hydrogen-bond acceptors (Lipinski definition) is 7. The number of amides is 1. The molecule has 0 aromatic heterocycles. The van der Waals surface area contributed by atoms with Crippen molar-refractivity contribution < 1.29 is 22.2 Å². The second kappa shape index (κ2) is 12.3. The Morgan fingerprint density at radius 1 is 1.15 bits per heavy atom. The van der Waals surface area contributed by atoms with Crippen molar-refractivity contribution in [2.24, 2.45) is 5.14 Å². The minimum Gasteiger partial charge on any atom is -0.454 e. The molecular weight excluding hydrogens is 476 g/mol. The molecule has 1 fully saturated rings. The lowest BCUT2D eigenvalue weighted by Crippen LogP contribution is -2.43. The number of nitrogens with two attached hydrogens (primary N) is 1. The maximum atomic E-state index is 12.9. The fraction of sp³-hybridized carbons (Fsp3) is 0.435. The van der Waals surface area contributed by atoms with E-state index >= 15 is 0 Å². The number of rotatable bonds is 11. The van der Waals surface area contributed by atoms with Gasteiger partial charge in [-0.05, 0) is 30.7 Å². The third kappa shape index (κ3) is 7.52. The highest BCUT2D eigenvalue weighted by atomic mass is 32.2. The lowest BCUT2D eigenvalue weighted by Gasteiger charge is -2.26. The smallest absolute Gasteiger partial charge is 0.251 e. The predicted octanol–water partition coefficient (Wildman–Crippen LogP) is 2.13. The Morgan fingerprint density at radius 2 is 1.85 bits per heavy atom. The average molecular weight is 509 g/mol. The zero-order chi connectivity index (χ0) is 24.6. The standard InChI is InChI=1S/C23H32N4O5S2/c1-2-3-9-25-20-16-18(23(28)26-10-11-27-12-14-34(30,31)15-13-27)17-21(33(24)29)22(20)32-19-7-5-4-6-8-19/h4-8,16-17,25H,2-3,9-15,24H2,1H3,(H,26,28). The summed E-state index contributed by atoms with van der Waals surface area (Å²) in [4.78, 5) is 15.1. The highest BCUT2D eigenvalue weighted by Gasteiger charge is 2.22. The van der Waals surface area contributed by atoms with Crippen molar-refractivity contribution >= 4 is 32.4 Å². The number of carbonyl (C=O) groups excluding carboxylic acids is 1. The maximum absolute atomic E-state index is 12.9. The third-order valence-corrected chi connectivity index (χ3v) is 7.84. The Balaban J connectivity index is 1.76. The fourth-order valence-electron chi connectivity index (χ4n) is 3.53. The molecule has 11 heteroatoms. The molecule has 0 saturated carbocycles. The molecule has 2 aromatic carbocycles. The van der Waals surface area contributed by atoms with Crippen LogP contribution in [0.5, 0.6) is 11.5 Å². The van der Waals surface area contributed by atoms with Gasteiger partial charge in [0.05, 0.1) is 22.1 Å². The molecule has 0 radical (unpaired) electrons. The first kappa shape index (κ1) is 26.1. The minimum absolute atomic E-state index is 0.141. The van der Waals surface area contributed by atoms with E-state index < -0.39 is 20.8 Å². The van der Waals surface area contributed by atoms with Crippen LogP contribution in [0.1, 0.15) is 30.1 Å². The van der Waals surface area contributed by atoms with Gasteiger partial charge in [-0.2, -0.15) is 0 Å². The Labute approximate surface area is 203 Å². The number of sulfone groups is 1. The van der Waals surface area contributed by atoms with Crippen LogP contribution in [0.4, 0.5) is 5.69 Å². The lowest BCUT2D eigenvalue weighted by atomic mass is 10.1. The maximum Gasteiger partial charge on any atom is 0.251 e. The first-order valence-electron chi connectivity index (χ1n) is 11.3. The van der Waals surface area contributed by atoms with Crippen molar-refractivity contribution in [3.63, 3.8) is 0 Å². The largest absolute Gasteiger partial charge is 0.454 e. The van der Waals surface area contributed by atoms with Crippen LogP contribution in [0.15, 0.2) is 47.4 Å². The van der Waals surface area contributed by atoms with Gasteiger partial charge in [0.25, 0.3) is 5.91 Å². The third-order valence-electron chi connectivity index (χ3n) is 5.49. The van der Waals surface area contributed by atoms with Gasteiger partial charge in [-0.15, -0.1) is 0 Å². The van der Waals surface area contributed by atoms with Gasteiger partial charge in [0.15, 0.2) is 15.6 Å². The first-order valence-corrected chi connectivity index (χ1v) is 14.3. The van der Waals surface area contributed by atoms with Gasteiger partial charge in [0.1, 0.15) is 16.7 Å². The summed E-state index contributed by atoms with van der Waals surface area (Å²) < 4.78 is 41.5. The van der Waals surface area contributed by atoms with Gasteiger partial charge in [0, 0.05) is 38.3 Å². The zero-order valence-corrected chi connectivity index (χ0v) is 20.9. The summed E-state index contributed by atoms with van der Waals surface area (Å²) in [6.07, 6.45) is 1.89. The van der Waals surface area contributed by atoms with E-state index in [-0.39, 0.29) is 22.3 Å². The van der Waals surface area contributed by atoms with Crippen LogP contribution in [-0.4, -0.2) is 67.7 Å². The number of nitrogens with zero attached hydrogens (tertiary/aromatic N) is 1.